The van der Waals surface area contributed by atoms with Gasteiger partial charge in [0.05, 0.1) is 0 Å². The average Bonchev–Trinajstić information content (AvgIpc) is 2.45. The quantitative estimate of drug-likeness (QED) is 0.656. The van der Waals surface area contributed by atoms with Crippen LogP contribution < -0.4 is 4.57 Å². The first-order chi connectivity index (χ1) is 11.2. The molecular formula is C22H32N+. The first-order valence-electron chi connectivity index (χ1n) is 9.37. The number of benzene rings is 1. The normalized spacial score (nSPS) is 14.4. The fraction of sp³-hybridized carbons (Fsp3) is 0.500. The second kappa shape index (κ2) is 6.11. The van der Waals surface area contributed by atoms with E-state index in [-0.39, 0.29) is 5.41 Å². The number of hydrogen-bond donors (Lipinski definition) is 0. The lowest BCUT2D eigenvalue weighted by Gasteiger charge is -2.20. The molecule has 0 saturated carbocycles. The lowest BCUT2D eigenvalue weighted by molar-refractivity contribution is -0.660. The fourth-order valence-electron chi connectivity index (χ4n) is 2.76. The first kappa shape index (κ1) is 14.9. The van der Waals surface area contributed by atoms with Crippen LogP contribution >= 0.6 is 0 Å². The maximum Gasteiger partial charge on any atom is 0.212 e. The van der Waals surface area contributed by atoms with Crippen LogP contribution in [0.5, 0.6) is 0 Å². The van der Waals surface area contributed by atoms with Gasteiger partial charge in [0.1, 0.15) is 7.05 Å². The average molecular weight is 313 g/mol. The van der Waals surface area contributed by atoms with Gasteiger partial charge >= 0.3 is 0 Å². The van der Waals surface area contributed by atoms with Gasteiger partial charge in [0.15, 0.2) is 6.20 Å². The Hall–Kier alpha value is -1.63. The zero-order valence-electron chi connectivity index (χ0n) is 17.9. The minimum atomic E-state index is -1.38. The Morgan fingerprint density at radius 2 is 1.65 bits per heavy atom. The molecule has 0 atom stereocenters. The summed E-state index contributed by atoms with van der Waals surface area (Å²) < 4.78 is 19.1. The van der Waals surface area contributed by atoms with Crippen LogP contribution in [0.2, 0.25) is 0 Å². The van der Waals surface area contributed by atoms with Crippen molar-refractivity contribution in [2.45, 2.75) is 60.3 Å². The van der Waals surface area contributed by atoms with Gasteiger partial charge in [-0.1, -0.05) is 53.7 Å². The topological polar surface area (TPSA) is 3.88 Å². The van der Waals surface area contributed by atoms with Crippen molar-refractivity contribution < 1.29 is 7.31 Å². The Bertz CT molecular complexity index is 778. The number of pyridine rings is 1. The van der Waals surface area contributed by atoms with Crippen LogP contribution in [-0.4, -0.2) is 0 Å². The second-order valence-corrected chi connectivity index (χ2v) is 8.57. The van der Waals surface area contributed by atoms with Crippen LogP contribution in [0.15, 0.2) is 36.5 Å². The van der Waals surface area contributed by atoms with Crippen LogP contribution in [0.25, 0.3) is 11.3 Å². The first-order valence-corrected chi connectivity index (χ1v) is 8.37. The monoisotopic (exact) mass is 312 g/mol. The molecule has 1 aromatic heterocycles. The molecule has 1 nitrogen and oxygen atoms in total. The van der Waals surface area contributed by atoms with E-state index in [9.17, 15) is 0 Å². The molecule has 1 aromatic carbocycles. The molecule has 0 aliphatic rings. The van der Waals surface area contributed by atoms with Crippen LogP contribution in [0.3, 0.4) is 0 Å². The van der Waals surface area contributed by atoms with E-state index in [1.54, 1.807) is 0 Å². The highest BCUT2D eigenvalue weighted by atomic mass is 14.9. The van der Waals surface area contributed by atoms with Crippen LogP contribution in [0.1, 0.15) is 61.0 Å². The van der Waals surface area contributed by atoms with E-state index in [0.29, 0.717) is 0 Å². The lowest BCUT2D eigenvalue weighted by Crippen LogP contribution is -2.32. The lowest BCUT2D eigenvalue weighted by atomic mass is 9.84. The summed E-state index contributed by atoms with van der Waals surface area (Å²) in [5.41, 5.74) is 5.22. The van der Waals surface area contributed by atoms with E-state index in [0.717, 1.165) is 11.3 Å². The van der Waals surface area contributed by atoms with E-state index in [1.807, 2.05) is 50.7 Å². The summed E-state index contributed by atoms with van der Waals surface area (Å²) in [6.07, 6.45) is 0.551. The third-order valence-corrected chi connectivity index (χ3v) is 4.03. The SMILES string of the molecule is [2H]C([2H])(c1ccc(-c2cc(C(C)(C)C)ccc2C)[n+](C)c1)C(C)(C)C. The predicted octanol–water partition coefficient (Wildman–Crippen LogP) is 5.37. The highest BCUT2D eigenvalue weighted by Gasteiger charge is 2.20. The third-order valence-electron chi connectivity index (χ3n) is 4.03. The smallest absolute Gasteiger partial charge is 0.201 e. The molecule has 1 heteroatoms. The number of nitrogens with zero attached hydrogens (tertiary/aromatic N) is 1. The number of hydrogen-bond acceptors (Lipinski definition) is 0. The summed E-state index contributed by atoms with van der Waals surface area (Å²) >= 11 is 0. The van der Waals surface area contributed by atoms with E-state index >= 15 is 0 Å². The van der Waals surface area contributed by atoms with Crippen molar-refractivity contribution >= 4 is 0 Å². The summed E-state index contributed by atoms with van der Waals surface area (Å²) in [6, 6.07) is 10.6. The Kier molecular flexibility index (Phi) is 3.97. The molecule has 0 bridgehead atoms. The zero-order chi connectivity index (χ0) is 19.2. The highest BCUT2D eigenvalue weighted by molar-refractivity contribution is 5.62. The van der Waals surface area contributed by atoms with Crippen molar-refractivity contribution in [1.82, 2.24) is 0 Å². The van der Waals surface area contributed by atoms with Crippen molar-refractivity contribution in [3.63, 3.8) is 0 Å². The van der Waals surface area contributed by atoms with Crippen molar-refractivity contribution in [1.29, 1.82) is 0 Å². The summed E-state index contributed by atoms with van der Waals surface area (Å²) in [5, 5.41) is 0. The maximum atomic E-state index is 8.50. The number of rotatable bonds is 2. The van der Waals surface area contributed by atoms with Gasteiger partial charge in [0, 0.05) is 19.9 Å². The van der Waals surface area contributed by atoms with Gasteiger partial charge in [-0.25, -0.2) is 4.57 Å². The van der Waals surface area contributed by atoms with Gasteiger partial charge < -0.3 is 0 Å². The van der Waals surface area contributed by atoms with Gasteiger partial charge in [0.2, 0.25) is 5.69 Å². The fourth-order valence-corrected chi connectivity index (χ4v) is 2.76. The Morgan fingerprint density at radius 3 is 2.17 bits per heavy atom. The highest BCUT2D eigenvalue weighted by Crippen LogP contribution is 2.29. The molecule has 0 aliphatic heterocycles. The Balaban J connectivity index is 2.57. The summed E-state index contributed by atoms with van der Waals surface area (Å²) in [6.45, 7) is 14.6. The Labute approximate surface area is 145 Å². The predicted molar refractivity (Wildman–Crippen MR) is 99.7 cm³/mol. The van der Waals surface area contributed by atoms with E-state index < -0.39 is 11.8 Å². The van der Waals surface area contributed by atoms with Crippen molar-refractivity contribution in [2.24, 2.45) is 12.5 Å². The molecule has 0 amide bonds. The van der Waals surface area contributed by atoms with Crippen molar-refractivity contribution in [3.8, 4) is 11.3 Å². The van der Waals surface area contributed by atoms with E-state index in [4.69, 9.17) is 2.74 Å². The van der Waals surface area contributed by atoms with E-state index in [1.165, 1.54) is 16.7 Å². The maximum absolute atomic E-state index is 8.50. The van der Waals surface area contributed by atoms with Gasteiger partial charge in [0.25, 0.3) is 0 Å². The van der Waals surface area contributed by atoms with Gasteiger partial charge in [-0.15, -0.1) is 0 Å². The number of aryl methyl sites for hydroxylation is 2. The van der Waals surface area contributed by atoms with Crippen LogP contribution in [0, 0.1) is 12.3 Å². The molecule has 0 spiro atoms. The molecule has 2 rings (SSSR count). The molecule has 0 radical (unpaired) electrons. The molecule has 0 fully saturated rings. The summed E-state index contributed by atoms with van der Waals surface area (Å²) in [4.78, 5) is 0. The molecule has 124 valence electrons. The Morgan fingerprint density at radius 1 is 1.00 bits per heavy atom. The molecule has 0 N–H and O–H groups in total. The van der Waals surface area contributed by atoms with E-state index in [2.05, 4.69) is 45.9 Å². The number of aromatic nitrogens is 1. The van der Waals surface area contributed by atoms with Gasteiger partial charge in [-0.05, 0) is 47.4 Å². The second-order valence-electron chi connectivity index (χ2n) is 8.57. The largest absolute Gasteiger partial charge is 0.212 e. The molecule has 2 aromatic rings. The summed E-state index contributed by atoms with van der Waals surface area (Å²) in [5.74, 6) is 0. The third kappa shape index (κ3) is 4.43. The minimum Gasteiger partial charge on any atom is -0.201 e. The molecule has 23 heavy (non-hydrogen) atoms. The minimum absolute atomic E-state index is 0.102. The van der Waals surface area contributed by atoms with Crippen molar-refractivity contribution in [2.75, 3.05) is 0 Å². The molecule has 0 saturated heterocycles. The molecular weight excluding hydrogens is 278 g/mol. The molecule has 1 heterocycles. The zero-order valence-corrected chi connectivity index (χ0v) is 15.9. The van der Waals surface area contributed by atoms with Crippen LogP contribution in [-0.2, 0) is 18.8 Å². The van der Waals surface area contributed by atoms with Gasteiger partial charge in [-0.2, -0.15) is 0 Å². The molecule has 0 unspecified atom stereocenters. The van der Waals surface area contributed by atoms with Crippen molar-refractivity contribution in [3.05, 3.63) is 53.2 Å². The van der Waals surface area contributed by atoms with Gasteiger partial charge in [-0.3, -0.25) is 0 Å². The standard InChI is InChI=1S/C22H32N/c1-16-9-11-18(22(5,6)7)13-19(16)20-12-10-17(15-23(20)8)14-21(2,3)4/h9-13,15H,14H2,1-8H3/q+1/i14D2. The summed E-state index contributed by atoms with van der Waals surface area (Å²) in [7, 11) is 2.00. The van der Waals surface area contributed by atoms with Crippen LogP contribution in [0.4, 0.5) is 0 Å². The molecule has 0 aliphatic carbocycles.